The molecule has 7 heteroatoms. The first-order valence-electron chi connectivity index (χ1n) is 5.63. The zero-order chi connectivity index (χ0) is 11.7. The Balaban J connectivity index is 1.75. The first-order chi connectivity index (χ1) is 8.31. The highest BCUT2D eigenvalue weighted by Gasteiger charge is 2.14. The topological polar surface area (TPSA) is 60.6 Å². The van der Waals surface area contributed by atoms with Crippen LogP contribution in [0.15, 0.2) is 6.20 Å². The van der Waals surface area contributed by atoms with E-state index >= 15 is 0 Å². The van der Waals surface area contributed by atoms with Gasteiger partial charge < -0.3 is 0 Å². The molecular formula is C10H13N5S2. The minimum atomic E-state index is 0.481. The standard InChI is InChI=1S/C10H13N5S2/c16-10-12-9(13-14-10)7-5-11-8(17-7)6-15-3-1-2-4-15/h5H,1-4,6H2,(H2,12,13,14,16). The average molecular weight is 267 g/mol. The van der Waals surface area contributed by atoms with Gasteiger partial charge in [-0.05, 0) is 38.1 Å². The third-order valence-electron chi connectivity index (χ3n) is 2.85. The molecule has 0 spiro atoms. The van der Waals surface area contributed by atoms with Gasteiger partial charge in [-0.25, -0.2) is 4.98 Å². The van der Waals surface area contributed by atoms with Crippen LogP contribution in [0.4, 0.5) is 0 Å². The summed E-state index contributed by atoms with van der Waals surface area (Å²) in [6.45, 7) is 3.34. The predicted molar refractivity (Wildman–Crippen MR) is 69.4 cm³/mol. The molecule has 2 aromatic heterocycles. The lowest BCUT2D eigenvalue weighted by Crippen LogP contribution is -2.17. The van der Waals surface area contributed by atoms with E-state index in [0.717, 1.165) is 22.3 Å². The molecular weight excluding hydrogens is 254 g/mol. The van der Waals surface area contributed by atoms with E-state index in [2.05, 4.69) is 25.1 Å². The molecule has 17 heavy (non-hydrogen) atoms. The number of thiazole rings is 1. The Labute approximate surface area is 108 Å². The van der Waals surface area contributed by atoms with E-state index in [4.69, 9.17) is 12.2 Å². The van der Waals surface area contributed by atoms with Gasteiger partial charge in [-0.15, -0.1) is 11.3 Å². The summed E-state index contributed by atoms with van der Waals surface area (Å²) >= 11 is 6.61. The fraction of sp³-hybridized carbons (Fsp3) is 0.500. The van der Waals surface area contributed by atoms with Gasteiger partial charge in [-0.3, -0.25) is 15.1 Å². The van der Waals surface area contributed by atoms with E-state index in [1.54, 1.807) is 11.3 Å². The van der Waals surface area contributed by atoms with Crippen LogP contribution < -0.4 is 0 Å². The molecule has 0 aromatic carbocycles. The van der Waals surface area contributed by atoms with Crippen molar-refractivity contribution in [2.45, 2.75) is 19.4 Å². The summed E-state index contributed by atoms with van der Waals surface area (Å²) in [6.07, 6.45) is 4.48. The molecule has 1 aliphatic heterocycles. The minimum absolute atomic E-state index is 0.481. The molecule has 0 atom stereocenters. The molecule has 1 aliphatic rings. The van der Waals surface area contributed by atoms with Crippen molar-refractivity contribution in [3.63, 3.8) is 0 Å². The molecule has 0 unspecified atom stereocenters. The SMILES string of the molecule is S=c1nc(-c2cnc(CN3CCCC3)s2)[nH][nH]1. The van der Waals surface area contributed by atoms with Crippen molar-refractivity contribution < 1.29 is 0 Å². The van der Waals surface area contributed by atoms with Gasteiger partial charge in [0, 0.05) is 6.20 Å². The lowest BCUT2D eigenvalue weighted by molar-refractivity contribution is 0.331. The molecule has 1 fully saturated rings. The lowest BCUT2D eigenvalue weighted by atomic mass is 10.4. The molecule has 2 N–H and O–H groups in total. The number of likely N-dealkylation sites (tertiary alicyclic amines) is 1. The Kier molecular flexibility index (Phi) is 3.04. The molecule has 90 valence electrons. The minimum Gasteiger partial charge on any atom is -0.297 e. The fourth-order valence-corrected chi connectivity index (χ4v) is 3.06. The maximum Gasteiger partial charge on any atom is 0.213 e. The average Bonchev–Trinajstić information content (AvgIpc) is 2.99. The van der Waals surface area contributed by atoms with Crippen LogP contribution in [0.25, 0.3) is 10.7 Å². The monoisotopic (exact) mass is 267 g/mol. The van der Waals surface area contributed by atoms with E-state index < -0.39 is 0 Å². The number of nitrogens with zero attached hydrogens (tertiary/aromatic N) is 3. The molecule has 2 aromatic rings. The van der Waals surface area contributed by atoms with Crippen LogP contribution in [-0.4, -0.2) is 38.2 Å². The van der Waals surface area contributed by atoms with Gasteiger partial charge in [0.1, 0.15) is 5.01 Å². The number of aromatic amines is 2. The van der Waals surface area contributed by atoms with Crippen molar-refractivity contribution in [3.05, 3.63) is 16.0 Å². The normalized spacial score (nSPS) is 16.7. The summed E-state index contributed by atoms with van der Waals surface area (Å²) in [5, 5.41) is 6.88. The number of rotatable bonds is 3. The van der Waals surface area contributed by atoms with Crippen molar-refractivity contribution in [1.29, 1.82) is 0 Å². The van der Waals surface area contributed by atoms with Crippen molar-refractivity contribution in [1.82, 2.24) is 25.1 Å². The molecule has 1 saturated heterocycles. The van der Waals surface area contributed by atoms with Gasteiger partial charge in [0.25, 0.3) is 0 Å². The summed E-state index contributed by atoms with van der Waals surface area (Å²) in [6, 6.07) is 0. The molecule has 0 aliphatic carbocycles. The number of H-pyrrole nitrogens is 2. The fourth-order valence-electron chi connectivity index (χ4n) is 2.01. The van der Waals surface area contributed by atoms with Gasteiger partial charge >= 0.3 is 0 Å². The molecule has 0 radical (unpaired) electrons. The summed E-state index contributed by atoms with van der Waals surface area (Å²) < 4.78 is 0.481. The van der Waals surface area contributed by atoms with Gasteiger partial charge in [0.05, 0.1) is 11.4 Å². The van der Waals surface area contributed by atoms with Crippen LogP contribution in [0.5, 0.6) is 0 Å². The zero-order valence-electron chi connectivity index (χ0n) is 9.27. The highest BCUT2D eigenvalue weighted by atomic mass is 32.1. The third-order valence-corrected chi connectivity index (χ3v) is 4.03. The quantitative estimate of drug-likeness (QED) is 0.837. The summed E-state index contributed by atoms with van der Waals surface area (Å²) in [4.78, 5) is 12.1. The highest BCUT2D eigenvalue weighted by molar-refractivity contribution is 7.71. The van der Waals surface area contributed by atoms with Gasteiger partial charge in [-0.1, -0.05) is 0 Å². The number of hydrogen-bond acceptors (Lipinski definition) is 5. The van der Waals surface area contributed by atoms with Gasteiger partial charge in [0.2, 0.25) is 4.77 Å². The van der Waals surface area contributed by atoms with Crippen LogP contribution >= 0.6 is 23.6 Å². The second kappa shape index (κ2) is 4.67. The van der Waals surface area contributed by atoms with E-state index in [9.17, 15) is 0 Å². The first kappa shape index (κ1) is 11.1. The first-order valence-corrected chi connectivity index (χ1v) is 6.86. The van der Waals surface area contributed by atoms with Crippen molar-refractivity contribution in [2.24, 2.45) is 0 Å². The molecule has 0 bridgehead atoms. The molecule has 0 amide bonds. The predicted octanol–water partition coefficient (Wildman–Crippen LogP) is 2.19. The van der Waals surface area contributed by atoms with E-state index in [1.807, 2.05) is 6.20 Å². The number of hydrogen-bond donors (Lipinski definition) is 2. The molecule has 3 heterocycles. The largest absolute Gasteiger partial charge is 0.297 e. The Morgan fingerprint density at radius 3 is 2.88 bits per heavy atom. The zero-order valence-corrected chi connectivity index (χ0v) is 10.9. The van der Waals surface area contributed by atoms with Crippen LogP contribution in [0, 0.1) is 4.77 Å². The lowest BCUT2D eigenvalue weighted by Gasteiger charge is -2.11. The highest BCUT2D eigenvalue weighted by Crippen LogP contribution is 2.24. The van der Waals surface area contributed by atoms with Gasteiger partial charge in [-0.2, -0.15) is 4.98 Å². The second-order valence-corrected chi connectivity index (χ2v) is 5.62. The molecule has 5 nitrogen and oxygen atoms in total. The molecule has 3 rings (SSSR count). The van der Waals surface area contributed by atoms with Crippen molar-refractivity contribution in [2.75, 3.05) is 13.1 Å². The maximum absolute atomic E-state index is 4.93. The van der Waals surface area contributed by atoms with Gasteiger partial charge in [0.15, 0.2) is 5.82 Å². The van der Waals surface area contributed by atoms with Crippen molar-refractivity contribution in [3.8, 4) is 10.7 Å². The Morgan fingerprint density at radius 1 is 1.35 bits per heavy atom. The summed E-state index contributed by atoms with van der Waals surface area (Å²) in [5.41, 5.74) is 0. The Hall–Kier alpha value is -1.05. The van der Waals surface area contributed by atoms with Crippen molar-refractivity contribution >= 4 is 23.6 Å². The van der Waals surface area contributed by atoms with E-state index in [-0.39, 0.29) is 0 Å². The second-order valence-electron chi connectivity index (χ2n) is 4.12. The summed E-state index contributed by atoms with van der Waals surface area (Å²) in [7, 11) is 0. The summed E-state index contributed by atoms with van der Waals surface area (Å²) in [5.74, 6) is 0.778. The number of nitrogens with one attached hydrogen (secondary N) is 2. The van der Waals surface area contributed by atoms with Crippen LogP contribution in [0.1, 0.15) is 17.8 Å². The smallest absolute Gasteiger partial charge is 0.213 e. The van der Waals surface area contributed by atoms with Crippen LogP contribution in [0.2, 0.25) is 0 Å². The van der Waals surface area contributed by atoms with E-state index in [0.29, 0.717) is 4.77 Å². The van der Waals surface area contributed by atoms with Crippen LogP contribution in [-0.2, 0) is 6.54 Å². The Bertz CT molecular complexity index is 549. The third kappa shape index (κ3) is 2.46. The Morgan fingerprint density at radius 2 is 2.18 bits per heavy atom. The number of aromatic nitrogens is 4. The maximum atomic E-state index is 4.93. The van der Waals surface area contributed by atoms with E-state index in [1.165, 1.54) is 25.9 Å². The van der Waals surface area contributed by atoms with Crippen LogP contribution in [0.3, 0.4) is 0 Å². The molecule has 0 saturated carbocycles.